The van der Waals surface area contributed by atoms with Crippen LogP contribution in [0.15, 0.2) is 11.5 Å². The van der Waals surface area contributed by atoms with Crippen molar-refractivity contribution in [2.45, 2.75) is 12.5 Å². The number of carboxylic acid groups (broad SMARTS) is 1. The highest BCUT2D eigenvalue weighted by atomic mass is 32.2. The summed E-state index contributed by atoms with van der Waals surface area (Å²) < 4.78 is 21.0. The monoisotopic (exact) mass is 193 g/mol. The van der Waals surface area contributed by atoms with Crippen LogP contribution in [-0.4, -0.2) is 31.8 Å². The smallest absolute Gasteiger partial charge is 0.320 e. The van der Waals surface area contributed by atoms with Crippen LogP contribution in [0.2, 0.25) is 0 Å². The summed E-state index contributed by atoms with van der Waals surface area (Å²) in [6, 6.07) is -1.04. The Balaban J connectivity index is 4.00. The fourth-order valence-corrected chi connectivity index (χ4v) is 0.938. The Hall–Kier alpha value is -0.880. The van der Waals surface area contributed by atoms with Crippen LogP contribution in [0.1, 0.15) is 6.42 Å². The second-order valence-corrected chi connectivity index (χ2v) is 4.31. The molecule has 0 amide bonds. The Bertz CT molecular complexity index is 280. The SMILES string of the molecule is CS(=O)(=O)/C=C/CC(N)C(=O)O. The standard InChI is InChI=1S/C6H11NO4S/c1-12(10,11)4-2-3-5(7)6(8)9/h2,4-5H,3,7H2,1H3,(H,8,9)/b4-2+. The first-order valence-electron chi connectivity index (χ1n) is 3.18. The van der Waals surface area contributed by atoms with Gasteiger partial charge in [0, 0.05) is 11.7 Å². The van der Waals surface area contributed by atoms with E-state index in [1.54, 1.807) is 0 Å². The second-order valence-electron chi connectivity index (χ2n) is 2.38. The molecule has 0 aliphatic heterocycles. The molecule has 0 rings (SSSR count). The van der Waals surface area contributed by atoms with Crippen molar-refractivity contribution in [2.75, 3.05) is 6.26 Å². The molecule has 0 radical (unpaired) electrons. The third-order valence-corrected chi connectivity index (χ3v) is 1.74. The number of hydrogen-bond donors (Lipinski definition) is 2. The number of nitrogens with two attached hydrogens (primary N) is 1. The van der Waals surface area contributed by atoms with Crippen molar-refractivity contribution in [1.82, 2.24) is 0 Å². The van der Waals surface area contributed by atoms with Crippen molar-refractivity contribution in [3.05, 3.63) is 11.5 Å². The zero-order valence-corrected chi connectivity index (χ0v) is 7.41. The number of rotatable bonds is 4. The molecule has 0 saturated carbocycles. The van der Waals surface area contributed by atoms with Gasteiger partial charge in [0.1, 0.15) is 6.04 Å². The maximum Gasteiger partial charge on any atom is 0.320 e. The van der Waals surface area contributed by atoms with Gasteiger partial charge in [0.15, 0.2) is 9.84 Å². The average Bonchev–Trinajstić information content (AvgIpc) is 1.84. The number of carbonyl (C=O) groups is 1. The summed E-state index contributed by atoms with van der Waals surface area (Å²) in [5.74, 6) is -1.15. The average molecular weight is 193 g/mol. The molecular formula is C6H11NO4S. The first-order chi connectivity index (χ1) is 5.33. The van der Waals surface area contributed by atoms with Gasteiger partial charge in [0.25, 0.3) is 0 Å². The van der Waals surface area contributed by atoms with Gasteiger partial charge in [0.05, 0.1) is 0 Å². The zero-order chi connectivity index (χ0) is 9.78. The summed E-state index contributed by atoms with van der Waals surface area (Å²) in [7, 11) is -3.17. The highest BCUT2D eigenvalue weighted by Crippen LogP contribution is 1.93. The van der Waals surface area contributed by atoms with Gasteiger partial charge in [-0.3, -0.25) is 4.79 Å². The molecular weight excluding hydrogens is 182 g/mol. The van der Waals surface area contributed by atoms with Crippen molar-refractivity contribution in [1.29, 1.82) is 0 Å². The predicted molar refractivity (Wildman–Crippen MR) is 44.2 cm³/mol. The van der Waals surface area contributed by atoms with E-state index in [0.29, 0.717) is 0 Å². The fraction of sp³-hybridized carbons (Fsp3) is 0.500. The minimum atomic E-state index is -3.17. The van der Waals surface area contributed by atoms with E-state index in [1.807, 2.05) is 0 Å². The van der Waals surface area contributed by atoms with Gasteiger partial charge < -0.3 is 10.8 Å². The zero-order valence-electron chi connectivity index (χ0n) is 6.60. The van der Waals surface area contributed by atoms with E-state index in [9.17, 15) is 13.2 Å². The van der Waals surface area contributed by atoms with Crippen molar-refractivity contribution < 1.29 is 18.3 Å². The molecule has 70 valence electrons. The van der Waals surface area contributed by atoms with E-state index in [4.69, 9.17) is 10.8 Å². The van der Waals surface area contributed by atoms with Gasteiger partial charge in [0.2, 0.25) is 0 Å². The van der Waals surface area contributed by atoms with E-state index in [2.05, 4.69) is 0 Å². The first kappa shape index (κ1) is 11.1. The summed E-state index contributed by atoms with van der Waals surface area (Å²) in [4.78, 5) is 10.1. The topological polar surface area (TPSA) is 97.5 Å². The van der Waals surface area contributed by atoms with Crippen LogP contribution in [0.25, 0.3) is 0 Å². The lowest BCUT2D eigenvalue weighted by Crippen LogP contribution is -2.29. The number of aliphatic carboxylic acids is 1. The van der Waals surface area contributed by atoms with Gasteiger partial charge in [-0.15, -0.1) is 0 Å². The molecule has 0 aliphatic rings. The minimum Gasteiger partial charge on any atom is -0.480 e. The van der Waals surface area contributed by atoms with Crippen LogP contribution in [0.5, 0.6) is 0 Å². The van der Waals surface area contributed by atoms with E-state index in [1.165, 1.54) is 6.08 Å². The molecule has 0 bridgehead atoms. The van der Waals surface area contributed by atoms with Crippen molar-refractivity contribution in [3.63, 3.8) is 0 Å². The Morgan fingerprint density at radius 2 is 2.17 bits per heavy atom. The van der Waals surface area contributed by atoms with Crippen LogP contribution in [-0.2, 0) is 14.6 Å². The van der Waals surface area contributed by atoms with E-state index < -0.39 is 21.8 Å². The lowest BCUT2D eigenvalue weighted by molar-refractivity contribution is -0.138. The highest BCUT2D eigenvalue weighted by Gasteiger charge is 2.08. The number of carboxylic acids is 1. The number of sulfone groups is 1. The third-order valence-electron chi connectivity index (χ3n) is 1.05. The largest absolute Gasteiger partial charge is 0.480 e. The second kappa shape index (κ2) is 4.22. The maximum absolute atomic E-state index is 10.5. The molecule has 0 aromatic carbocycles. The normalized spacial score (nSPS) is 14.8. The van der Waals surface area contributed by atoms with Crippen LogP contribution in [0.3, 0.4) is 0 Å². The fourth-order valence-electron chi connectivity index (χ4n) is 0.478. The molecule has 0 aliphatic carbocycles. The molecule has 0 spiro atoms. The van der Waals surface area contributed by atoms with Gasteiger partial charge >= 0.3 is 5.97 Å². The molecule has 6 heteroatoms. The summed E-state index contributed by atoms with van der Waals surface area (Å²) >= 11 is 0. The molecule has 0 fully saturated rings. The molecule has 0 aromatic rings. The summed E-state index contributed by atoms with van der Waals surface area (Å²) in [5.41, 5.74) is 5.10. The first-order valence-corrected chi connectivity index (χ1v) is 5.13. The van der Waals surface area contributed by atoms with Crippen LogP contribution < -0.4 is 5.73 Å². The van der Waals surface area contributed by atoms with Gasteiger partial charge in [-0.2, -0.15) is 0 Å². The molecule has 1 atom stereocenters. The van der Waals surface area contributed by atoms with Crippen molar-refractivity contribution in [3.8, 4) is 0 Å². The highest BCUT2D eigenvalue weighted by molar-refractivity contribution is 7.93. The summed E-state index contributed by atoms with van der Waals surface area (Å²) in [6.45, 7) is 0. The van der Waals surface area contributed by atoms with Crippen LogP contribution >= 0.6 is 0 Å². The molecule has 12 heavy (non-hydrogen) atoms. The summed E-state index contributed by atoms with van der Waals surface area (Å²) in [5, 5.41) is 9.24. The van der Waals surface area contributed by atoms with Gasteiger partial charge in [-0.05, 0) is 6.42 Å². The molecule has 5 nitrogen and oxygen atoms in total. The number of hydrogen-bond acceptors (Lipinski definition) is 4. The summed E-state index contributed by atoms with van der Waals surface area (Å²) in [6.07, 6.45) is 2.27. The van der Waals surface area contributed by atoms with E-state index in [-0.39, 0.29) is 6.42 Å². The maximum atomic E-state index is 10.5. The Morgan fingerprint density at radius 3 is 2.50 bits per heavy atom. The van der Waals surface area contributed by atoms with Crippen LogP contribution in [0.4, 0.5) is 0 Å². The lowest BCUT2D eigenvalue weighted by Gasteiger charge is -1.99. The van der Waals surface area contributed by atoms with E-state index in [0.717, 1.165) is 11.7 Å². The van der Waals surface area contributed by atoms with Crippen molar-refractivity contribution >= 4 is 15.8 Å². The van der Waals surface area contributed by atoms with Crippen molar-refractivity contribution in [2.24, 2.45) is 5.73 Å². The third kappa shape index (κ3) is 5.87. The Kier molecular flexibility index (Phi) is 3.91. The molecule has 0 saturated heterocycles. The molecule has 3 N–H and O–H groups in total. The Labute approximate surface area is 70.8 Å². The minimum absolute atomic E-state index is 0.0163. The quantitative estimate of drug-likeness (QED) is 0.618. The molecule has 0 heterocycles. The molecule has 1 unspecified atom stereocenters. The predicted octanol–water partition coefficient (Wildman–Crippen LogP) is -0.653. The van der Waals surface area contributed by atoms with Crippen LogP contribution in [0, 0.1) is 0 Å². The van der Waals surface area contributed by atoms with Gasteiger partial charge in [-0.1, -0.05) is 6.08 Å². The van der Waals surface area contributed by atoms with Gasteiger partial charge in [-0.25, -0.2) is 8.42 Å². The Morgan fingerprint density at radius 1 is 1.67 bits per heavy atom. The van der Waals surface area contributed by atoms with E-state index >= 15 is 0 Å². The molecule has 0 aromatic heterocycles. The lowest BCUT2D eigenvalue weighted by atomic mass is 10.2.